The number of hydrogen-bond donors (Lipinski definition) is 2. The summed E-state index contributed by atoms with van der Waals surface area (Å²) in [5, 5.41) is 14.6. The Hall–Kier alpha value is -3.23. The van der Waals surface area contributed by atoms with Gasteiger partial charge in [-0.15, -0.1) is 0 Å². The van der Waals surface area contributed by atoms with E-state index in [1.54, 1.807) is 0 Å². The number of carbonyl (C=O) groups excluding carboxylic acids is 1. The van der Waals surface area contributed by atoms with Gasteiger partial charge in [0.1, 0.15) is 6.61 Å². The molecule has 7 heteroatoms. The highest BCUT2D eigenvalue weighted by atomic mass is 16.5. The summed E-state index contributed by atoms with van der Waals surface area (Å²) in [6, 6.07) is 29.8. The molecule has 1 aliphatic carbocycles. The predicted molar refractivity (Wildman–Crippen MR) is 169 cm³/mol. The van der Waals surface area contributed by atoms with Crippen molar-refractivity contribution in [1.29, 1.82) is 0 Å². The van der Waals surface area contributed by atoms with Gasteiger partial charge in [-0.2, -0.15) is 0 Å². The fraction of sp³-hybridized carbons (Fsp3) is 0.472. The molecule has 2 N–H and O–H groups in total. The van der Waals surface area contributed by atoms with Gasteiger partial charge in [-0.1, -0.05) is 117 Å². The van der Waals surface area contributed by atoms with Crippen LogP contribution in [0.15, 0.2) is 91.0 Å². The van der Waals surface area contributed by atoms with Gasteiger partial charge >= 0.3 is 6.09 Å². The van der Waals surface area contributed by atoms with Crippen molar-refractivity contribution >= 4 is 6.09 Å². The molecule has 0 saturated heterocycles. The minimum atomic E-state index is -0.670. The second-order valence-corrected chi connectivity index (χ2v) is 11.4. The molecule has 1 aliphatic rings. The highest BCUT2D eigenvalue weighted by Gasteiger charge is 2.40. The number of nitrogens with zero attached hydrogens (tertiary/aromatic N) is 1. The lowest BCUT2D eigenvalue weighted by Crippen LogP contribution is -2.57. The van der Waals surface area contributed by atoms with Crippen molar-refractivity contribution in [1.82, 2.24) is 10.2 Å². The van der Waals surface area contributed by atoms with Crippen LogP contribution in [-0.2, 0) is 34.0 Å². The number of rotatable bonds is 17. The van der Waals surface area contributed by atoms with Crippen LogP contribution in [0.4, 0.5) is 4.79 Å². The number of aliphatic hydroxyl groups excluding tert-OH is 1. The Kier molecular flexibility index (Phi) is 14.0. The van der Waals surface area contributed by atoms with Crippen molar-refractivity contribution in [3.63, 3.8) is 0 Å². The van der Waals surface area contributed by atoms with E-state index in [1.807, 2.05) is 78.9 Å². The van der Waals surface area contributed by atoms with Crippen LogP contribution in [0, 0.1) is 0 Å². The molecule has 1 amide bonds. The maximum absolute atomic E-state index is 12.4. The van der Waals surface area contributed by atoms with Gasteiger partial charge in [0.05, 0.1) is 31.5 Å². The highest BCUT2D eigenvalue weighted by molar-refractivity contribution is 5.67. The molecule has 7 nitrogen and oxygen atoms in total. The Labute approximate surface area is 257 Å². The normalized spacial score (nSPS) is 20.2. The average Bonchev–Trinajstić information content (AvgIpc) is 3.05. The maximum Gasteiger partial charge on any atom is 0.407 e. The van der Waals surface area contributed by atoms with E-state index >= 15 is 0 Å². The molecule has 4 atom stereocenters. The van der Waals surface area contributed by atoms with Crippen LogP contribution in [0.25, 0.3) is 0 Å². The fourth-order valence-corrected chi connectivity index (χ4v) is 5.65. The van der Waals surface area contributed by atoms with Crippen LogP contribution in [0.3, 0.4) is 0 Å². The predicted octanol–water partition coefficient (Wildman–Crippen LogP) is 6.49. The molecule has 0 bridgehead atoms. The first-order valence-electron chi connectivity index (χ1n) is 15.8. The van der Waals surface area contributed by atoms with Crippen LogP contribution in [0.2, 0.25) is 0 Å². The van der Waals surface area contributed by atoms with Gasteiger partial charge in [-0.25, -0.2) is 4.79 Å². The van der Waals surface area contributed by atoms with Gasteiger partial charge in [0.15, 0.2) is 0 Å². The number of aliphatic hydroxyl groups is 1. The van der Waals surface area contributed by atoms with E-state index in [1.165, 1.54) is 6.42 Å². The third-order valence-electron chi connectivity index (χ3n) is 8.06. The molecule has 232 valence electrons. The maximum atomic E-state index is 12.4. The number of benzene rings is 3. The van der Waals surface area contributed by atoms with Crippen molar-refractivity contribution < 1.29 is 24.1 Å². The SMILES string of the molecule is CCCCCCN(CCNC(=O)OCc1ccccc1)[C@@H]1C[C@H](OCc2ccccc2)C[C@@H](OCc2ccccc2)[C@H]1O. The van der Waals surface area contributed by atoms with Crippen molar-refractivity contribution in [2.75, 3.05) is 19.6 Å². The van der Waals surface area contributed by atoms with E-state index in [-0.39, 0.29) is 24.9 Å². The number of hydrogen-bond acceptors (Lipinski definition) is 6. The van der Waals surface area contributed by atoms with Gasteiger partial charge in [-0.3, -0.25) is 4.90 Å². The summed E-state index contributed by atoms with van der Waals surface area (Å²) in [6.07, 6.45) is 4.30. The first-order valence-corrected chi connectivity index (χ1v) is 15.8. The molecule has 3 aromatic rings. The number of alkyl carbamates (subject to hydrolysis) is 1. The van der Waals surface area contributed by atoms with Crippen LogP contribution in [0.5, 0.6) is 0 Å². The summed E-state index contributed by atoms with van der Waals surface area (Å²) in [6.45, 7) is 5.25. The smallest absolute Gasteiger partial charge is 0.407 e. The van der Waals surface area contributed by atoms with Gasteiger partial charge in [0, 0.05) is 25.6 Å². The number of ether oxygens (including phenoxy) is 3. The van der Waals surface area contributed by atoms with Crippen LogP contribution in [0.1, 0.15) is 62.1 Å². The molecule has 1 saturated carbocycles. The molecule has 1 fully saturated rings. The Morgan fingerprint density at radius 3 is 1.95 bits per heavy atom. The van der Waals surface area contributed by atoms with E-state index in [9.17, 15) is 9.90 Å². The summed E-state index contributed by atoms with van der Waals surface area (Å²) in [4.78, 5) is 14.8. The summed E-state index contributed by atoms with van der Waals surface area (Å²) in [5.74, 6) is 0. The molecule has 4 rings (SSSR count). The van der Waals surface area contributed by atoms with Gasteiger partial charge in [0.25, 0.3) is 0 Å². The molecular formula is C36H48N2O5. The first-order chi connectivity index (χ1) is 21.1. The molecule has 3 aromatic carbocycles. The molecule has 0 spiro atoms. The zero-order chi connectivity index (χ0) is 30.1. The standard InChI is InChI=1S/C36H48N2O5/c1-2-3-4-14-22-38(23-21-37-36(40)43-28-31-19-12-7-13-20-31)33-24-32(41-26-29-15-8-5-9-16-29)25-34(35(33)39)42-27-30-17-10-6-11-18-30/h5-13,15-20,32-35,39H,2-4,14,21-28H2,1H3,(H,37,40)/t32-,33+,34+,35-/m0/s1. The second-order valence-electron chi connectivity index (χ2n) is 11.4. The second kappa shape index (κ2) is 18.4. The zero-order valence-corrected chi connectivity index (χ0v) is 25.5. The van der Waals surface area contributed by atoms with E-state index in [0.29, 0.717) is 39.1 Å². The van der Waals surface area contributed by atoms with Crippen molar-refractivity contribution in [2.45, 2.75) is 89.6 Å². The minimum absolute atomic E-state index is 0.0590. The summed E-state index contributed by atoms with van der Waals surface area (Å²) in [7, 11) is 0. The Bertz CT molecular complexity index is 1160. The average molecular weight is 589 g/mol. The number of unbranched alkanes of at least 4 members (excludes halogenated alkanes) is 3. The zero-order valence-electron chi connectivity index (χ0n) is 25.5. The Morgan fingerprint density at radius 2 is 1.35 bits per heavy atom. The summed E-state index contributed by atoms with van der Waals surface area (Å²) >= 11 is 0. The van der Waals surface area contributed by atoms with Crippen LogP contribution < -0.4 is 5.32 Å². The molecule has 0 aliphatic heterocycles. The number of nitrogens with one attached hydrogen (secondary N) is 1. The molecular weight excluding hydrogens is 540 g/mol. The van der Waals surface area contributed by atoms with Crippen LogP contribution in [-0.4, -0.2) is 60.1 Å². The number of carbonyl (C=O) groups is 1. The van der Waals surface area contributed by atoms with Crippen molar-refractivity contribution in [2.24, 2.45) is 0 Å². The largest absolute Gasteiger partial charge is 0.445 e. The quantitative estimate of drug-likeness (QED) is 0.176. The van der Waals surface area contributed by atoms with E-state index < -0.39 is 12.2 Å². The van der Waals surface area contributed by atoms with Crippen molar-refractivity contribution in [3.05, 3.63) is 108 Å². The third-order valence-corrected chi connectivity index (χ3v) is 8.06. The van der Waals surface area contributed by atoms with Gasteiger partial charge in [0.2, 0.25) is 0 Å². The first kappa shape index (κ1) is 32.7. The molecule has 0 aromatic heterocycles. The molecule has 0 unspecified atom stereocenters. The van der Waals surface area contributed by atoms with Crippen molar-refractivity contribution in [3.8, 4) is 0 Å². The van der Waals surface area contributed by atoms with E-state index in [2.05, 4.69) is 29.3 Å². The summed E-state index contributed by atoms with van der Waals surface area (Å²) in [5.41, 5.74) is 3.15. The highest BCUT2D eigenvalue weighted by Crippen LogP contribution is 2.30. The minimum Gasteiger partial charge on any atom is -0.445 e. The topological polar surface area (TPSA) is 80.3 Å². The van der Waals surface area contributed by atoms with Crippen LogP contribution >= 0.6 is 0 Å². The van der Waals surface area contributed by atoms with Gasteiger partial charge < -0.3 is 24.6 Å². The van der Waals surface area contributed by atoms with E-state index in [4.69, 9.17) is 14.2 Å². The number of amides is 1. The lowest BCUT2D eigenvalue weighted by molar-refractivity contribution is -0.143. The van der Waals surface area contributed by atoms with E-state index in [0.717, 1.165) is 42.5 Å². The summed E-state index contributed by atoms with van der Waals surface area (Å²) < 4.78 is 18.2. The fourth-order valence-electron chi connectivity index (χ4n) is 5.65. The Balaban J connectivity index is 1.40. The third kappa shape index (κ3) is 11.4. The molecule has 43 heavy (non-hydrogen) atoms. The lowest BCUT2D eigenvalue weighted by atomic mass is 9.86. The lowest BCUT2D eigenvalue weighted by Gasteiger charge is -2.44. The molecule has 0 radical (unpaired) electrons. The Morgan fingerprint density at radius 1 is 0.767 bits per heavy atom. The monoisotopic (exact) mass is 588 g/mol. The van der Waals surface area contributed by atoms with Gasteiger partial charge in [-0.05, 0) is 36.1 Å². The molecule has 0 heterocycles.